The number of halogens is 1. The molecular weight excluding hydrogens is 244 g/mol. The fourth-order valence-electron chi connectivity index (χ4n) is 1.13. The minimum Gasteiger partial charge on any atom is -0.361 e. The Balaban J connectivity index is 2.40. The van der Waals surface area contributed by atoms with Crippen molar-refractivity contribution in [2.45, 2.75) is 32.4 Å². The zero-order valence-electron chi connectivity index (χ0n) is 9.86. The van der Waals surface area contributed by atoms with Gasteiger partial charge >= 0.3 is 0 Å². The molecule has 0 radical (unpaired) electrons. The first-order valence-electron chi connectivity index (χ1n) is 5.17. The second-order valence-corrected chi connectivity index (χ2v) is 10.8. The van der Waals surface area contributed by atoms with Crippen LogP contribution in [-0.4, -0.2) is 30.5 Å². The lowest BCUT2D eigenvalue weighted by Crippen LogP contribution is -2.22. The lowest BCUT2D eigenvalue weighted by molar-refractivity contribution is 0.0835. The quantitative estimate of drug-likeness (QED) is 0.449. The fourth-order valence-corrected chi connectivity index (χ4v) is 2.08. The molecule has 4 nitrogen and oxygen atoms in total. The summed E-state index contributed by atoms with van der Waals surface area (Å²) in [6, 6.07) is 1.10. The molecule has 1 aromatic heterocycles. The zero-order valence-corrected chi connectivity index (χ0v) is 11.6. The summed E-state index contributed by atoms with van der Waals surface area (Å²) < 4.78 is 7.10. The number of carbonyl (C=O) groups is 1. The molecule has 0 fully saturated rings. The van der Waals surface area contributed by atoms with Gasteiger partial charge in [0.1, 0.15) is 12.4 Å². The van der Waals surface area contributed by atoms with Gasteiger partial charge < -0.3 is 9.30 Å². The average Bonchev–Trinajstić information content (AvgIpc) is 2.52. The Morgan fingerprint density at radius 3 is 2.81 bits per heavy atom. The smallest absolute Gasteiger partial charge is 0.169 e. The summed E-state index contributed by atoms with van der Waals surface area (Å²) in [6.07, 6.45) is 2.21. The summed E-state index contributed by atoms with van der Waals surface area (Å²) in [5, 5.41) is 0.226. The van der Waals surface area contributed by atoms with E-state index in [-0.39, 0.29) is 5.15 Å². The van der Waals surface area contributed by atoms with E-state index in [2.05, 4.69) is 24.6 Å². The van der Waals surface area contributed by atoms with E-state index in [1.54, 1.807) is 4.57 Å². The molecule has 0 unspecified atom stereocenters. The number of carbonyl (C=O) groups excluding carboxylic acids is 1. The van der Waals surface area contributed by atoms with Gasteiger partial charge in [-0.05, 0) is 6.04 Å². The third-order valence-electron chi connectivity index (χ3n) is 2.17. The van der Waals surface area contributed by atoms with Gasteiger partial charge in [-0.3, -0.25) is 4.79 Å². The third kappa shape index (κ3) is 4.07. The van der Waals surface area contributed by atoms with E-state index in [1.165, 1.54) is 6.33 Å². The van der Waals surface area contributed by atoms with E-state index >= 15 is 0 Å². The van der Waals surface area contributed by atoms with Crippen LogP contribution in [0.5, 0.6) is 0 Å². The van der Waals surface area contributed by atoms with Crippen LogP contribution in [-0.2, 0) is 11.5 Å². The van der Waals surface area contributed by atoms with Crippen molar-refractivity contribution in [1.29, 1.82) is 0 Å². The topological polar surface area (TPSA) is 44.1 Å². The molecule has 0 aromatic carbocycles. The molecule has 6 heteroatoms. The van der Waals surface area contributed by atoms with Crippen LogP contribution in [0.2, 0.25) is 30.8 Å². The van der Waals surface area contributed by atoms with Crippen molar-refractivity contribution in [3.63, 3.8) is 0 Å². The molecule has 0 saturated carbocycles. The van der Waals surface area contributed by atoms with Gasteiger partial charge in [0, 0.05) is 14.7 Å². The van der Waals surface area contributed by atoms with Crippen molar-refractivity contribution < 1.29 is 9.53 Å². The number of hydrogen-bond donors (Lipinski definition) is 0. The maximum Gasteiger partial charge on any atom is 0.169 e. The molecule has 0 N–H and O–H groups in total. The highest BCUT2D eigenvalue weighted by Gasteiger charge is 2.12. The van der Waals surface area contributed by atoms with Gasteiger partial charge in [-0.25, -0.2) is 4.98 Å². The average molecular weight is 261 g/mol. The van der Waals surface area contributed by atoms with E-state index in [9.17, 15) is 4.79 Å². The number of imidazole rings is 1. The van der Waals surface area contributed by atoms with Crippen LogP contribution < -0.4 is 0 Å². The van der Waals surface area contributed by atoms with Gasteiger partial charge in [-0.2, -0.15) is 0 Å². The molecule has 1 aromatic rings. The zero-order chi connectivity index (χ0) is 12.2. The first-order chi connectivity index (χ1) is 7.44. The Kier molecular flexibility index (Phi) is 4.70. The van der Waals surface area contributed by atoms with Crippen molar-refractivity contribution in [1.82, 2.24) is 9.55 Å². The number of hydrogen-bond acceptors (Lipinski definition) is 3. The summed E-state index contributed by atoms with van der Waals surface area (Å²) in [4.78, 5) is 14.5. The monoisotopic (exact) mass is 260 g/mol. The van der Waals surface area contributed by atoms with Gasteiger partial charge in [-0.15, -0.1) is 0 Å². The Morgan fingerprint density at radius 2 is 2.25 bits per heavy atom. The molecule has 90 valence electrons. The van der Waals surface area contributed by atoms with Crippen molar-refractivity contribution in [3.8, 4) is 0 Å². The summed E-state index contributed by atoms with van der Waals surface area (Å²) in [6.45, 7) is 7.92. The second-order valence-electron chi connectivity index (χ2n) is 4.86. The minimum absolute atomic E-state index is 0.226. The van der Waals surface area contributed by atoms with Crippen molar-refractivity contribution in [3.05, 3.63) is 17.2 Å². The molecule has 0 aliphatic rings. The highest BCUT2D eigenvalue weighted by atomic mass is 35.5. The highest BCUT2D eigenvalue weighted by molar-refractivity contribution is 6.76. The minimum atomic E-state index is -1.06. The molecule has 16 heavy (non-hydrogen) atoms. The molecule has 0 spiro atoms. The van der Waals surface area contributed by atoms with Crippen LogP contribution >= 0.6 is 11.6 Å². The van der Waals surface area contributed by atoms with Crippen LogP contribution in [0, 0.1) is 0 Å². The van der Waals surface area contributed by atoms with Gasteiger partial charge in [-0.1, -0.05) is 31.2 Å². The second kappa shape index (κ2) is 5.61. The standard InChI is InChI=1S/C10H17ClN2O2Si/c1-16(2,3)5-4-15-8-13-7-12-10(11)9(13)6-14/h6-7H,4-5,8H2,1-3H3. The van der Waals surface area contributed by atoms with Crippen LogP contribution in [0.25, 0.3) is 0 Å². The van der Waals surface area contributed by atoms with Gasteiger partial charge in [0.15, 0.2) is 11.4 Å². The summed E-state index contributed by atoms with van der Waals surface area (Å²) >= 11 is 5.72. The lowest BCUT2D eigenvalue weighted by atomic mass is 10.5. The molecule has 0 aliphatic heterocycles. The first-order valence-corrected chi connectivity index (χ1v) is 9.26. The van der Waals surface area contributed by atoms with E-state index in [1.807, 2.05) is 0 Å². The molecule has 0 amide bonds. The summed E-state index contributed by atoms with van der Waals surface area (Å²) in [5.41, 5.74) is 0.370. The molecule has 0 bridgehead atoms. The third-order valence-corrected chi connectivity index (χ3v) is 4.16. The van der Waals surface area contributed by atoms with Crippen LogP contribution in [0.4, 0.5) is 0 Å². The van der Waals surface area contributed by atoms with Crippen LogP contribution in [0.3, 0.4) is 0 Å². The van der Waals surface area contributed by atoms with E-state index in [0.29, 0.717) is 25.3 Å². The van der Waals surface area contributed by atoms with Gasteiger partial charge in [0.25, 0.3) is 0 Å². The number of aldehydes is 1. The number of nitrogens with zero attached hydrogens (tertiary/aromatic N) is 2. The summed E-state index contributed by atoms with van der Waals surface area (Å²) in [5.74, 6) is 0. The SMILES string of the molecule is C[Si](C)(C)CCOCn1cnc(Cl)c1C=O. The number of rotatable bonds is 6. The Labute approximate surface area is 102 Å². The molecule has 0 saturated heterocycles. The Morgan fingerprint density at radius 1 is 1.56 bits per heavy atom. The Hall–Kier alpha value is -0.653. The van der Waals surface area contributed by atoms with Gasteiger partial charge in [0.05, 0.1) is 6.33 Å². The van der Waals surface area contributed by atoms with Crippen molar-refractivity contribution in [2.24, 2.45) is 0 Å². The predicted molar refractivity (Wildman–Crippen MR) is 66.7 cm³/mol. The van der Waals surface area contributed by atoms with E-state index < -0.39 is 8.07 Å². The molecule has 1 rings (SSSR count). The fraction of sp³-hybridized carbons (Fsp3) is 0.600. The highest BCUT2D eigenvalue weighted by Crippen LogP contribution is 2.12. The normalized spacial score (nSPS) is 11.8. The van der Waals surface area contributed by atoms with E-state index in [4.69, 9.17) is 16.3 Å². The number of ether oxygens (including phenoxy) is 1. The first kappa shape index (κ1) is 13.4. The Bertz CT molecular complexity index is 360. The van der Waals surface area contributed by atoms with Crippen molar-refractivity contribution >= 4 is 26.0 Å². The largest absolute Gasteiger partial charge is 0.361 e. The molecular formula is C10H17ClN2O2Si. The van der Waals surface area contributed by atoms with Gasteiger partial charge in [0.2, 0.25) is 0 Å². The predicted octanol–water partition coefficient (Wildman–Crippen LogP) is 2.66. The summed E-state index contributed by atoms with van der Waals surface area (Å²) in [7, 11) is -1.06. The maximum atomic E-state index is 10.7. The van der Waals surface area contributed by atoms with E-state index in [0.717, 1.165) is 6.04 Å². The number of aromatic nitrogens is 2. The molecule has 0 aliphatic carbocycles. The van der Waals surface area contributed by atoms with Crippen molar-refractivity contribution in [2.75, 3.05) is 6.61 Å². The maximum absolute atomic E-state index is 10.7. The lowest BCUT2D eigenvalue weighted by Gasteiger charge is -2.15. The van der Waals surface area contributed by atoms with Crippen LogP contribution in [0.15, 0.2) is 6.33 Å². The van der Waals surface area contributed by atoms with Crippen LogP contribution in [0.1, 0.15) is 10.5 Å². The molecule has 0 atom stereocenters. The molecule has 1 heterocycles.